The van der Waals surface area contributed by atoms with Gasteiger partial charge in [-0.25, -0.2) is 4.79 Å². The van der Waals surface area contributed by atoms with Crippen LogP contribution in [0.1, 0.15) is 36.7 Å². The molecule has 0 fully saturated rings. The van der Waals surface area contributed by atoms with Gasteiger partial charge in [0.1, 0.15) is 11.4 Å². The summed E-state index contributed by atoms with van der Waals surface area (Å²) in [7, 11) is 0. The third-order valence-corrected chi connectivity index (χ3v) is 3.56. The number of anilines is 1. The zero-order valence-electron chi connectivity index (χ0n) is 13.9. The van der Waals surface area contributed by atoms with Crippen LogP contribution in [0, 0.1) is 6.07 Å². The summed E-state index contributed by atoms with van der Waals surface area (Å²) in [5.74, 6) is -0.000335. The van der Waals surface area contributed by atoms with Crippen molar-refractivity contribution in [2.75, 3.05) is 5.32 Å². The summed E-state index contributed by atoms with van der Waals surface area (Å²) in [6.45, 7) is 5.41. The van der Waals surface area contributed by atoms with Gasteiger partial charge in [-0.3, -0.25) is 10.1 Å². The molecule has 0 bridgehead atoms. The van der Waals surface area contributed by atoms with E-state index >= 15 is 0 Å². The van der Waals surface area contributed by atoms with E-state index in [2.05, 4.69) is 11.4 Å². The molecule has 1 radical (unpaired) electrons. The summed E-state index contributed by atoms with van der Waals surface area (Å²) < 4.78 is 5.22. The van der Waals surface area contributed by atoms with Crippen LogP contribution in [0.25, 0.3) is 0 Å². The van der Waals surface area contributed by atoms with Crippen LogP contribution in [0.2, 0.25) is 0 Å². The van der Waals surface area contributed by atoms with Crippen molar-refractivity contribution in [2.24, 2.45) is 0 Å². The molecule has 0 unspecified atom stereocenters. The molecule has 0 saturated carbocycles. The first-order valence-electron chi connectivity index (χ1n) is 6.89. The number of hydrogen-bond acceptors (Lipinski definition) is 4. The first-order valence-corrected chi connectivity index (χ1v) is 7.84. The Morgan fingerprint density at radius 3 is 2.42 bits per heavy atom. The van der Waals surface area contributed by atoms with Crippen LogP contribution in [-0.4, -0.2) is 23.0 Å². The molecule has 3 N–H and O–H groups in total. The summed E-state index contributed by atoms with van der Waals surface area (Å²) in [5, 5.41) is 6.35. The van der Waals surface area contributed by atoms with Gasteiger partial charge in [0.05, 0.1) is 5.69 Å². The predicted octanol–water partition coefficient (Wildman–Crippen LogP) is 3.49. The summed E-state index contributed by atoms with van der Waals surface area (Å²) in [6.07, 6.45) is -0.285. The Balaban J connectivity index is 0.00000264. The first kappa shape index (κ1) is 22.9. The second-order valence-electron chi connectivity index (χ2n) is 5.83. The fourth-order valence-electron chi connectivity index (χ4n) is 1.83. The molecule has 0 aliphatic heterocycles. The molecular weight excluding hydrogens is 403 g/mol. The van der Waals surface area contributed by atoms with Gasteiger partial charge in [-0.2, -0.15) is 30.3 Å². The van der Waals surface area contributed by atoms with Crippen LogP contribution in [0.5, 0.6) is 0 Å². The molecule has 127 valence electrons. The quantitative estimate of drug-likeness (QED) is 0.603. The molecule has 2 rings (SSSR count). The minimum atomic E-state index is -0.559. The molecule has 1 heterocycles. The number of carbonyl (C=O) groups excluding carboxylic acids is 2. The smallest absolute Gasteiger partial charge is 0.412 e. The van der Waals surface area contributed by atoms with Crippen LogP contribution in [0.15, 0.2) is 35.0 Å². The molecule has 0 spiro atoms. The number of rotatable bonds is 4. The van der Waals surface area contributed by atoms with Crippen LogP contribution < -0.4 is 5.32 Å². The maximum atomic E-state index is 12.2. The van der Waals surface area contributed by atoms with Gasteiger partial charge in [-0.15, -0.1) is 11.3 Å². The van der Waals surface area contributed by atoms with Gasteiger partial charge in [-0.05, 0) is 31.7 Å². The van der Waals surface area contributed by atoms with Gasteiger partial charge in [0.25, 0.3) is 0 Å². The molecule has 0 saturated heterocycles. The van der Waals surface area contributed by atoms with Gasteiger partial charge in [0.2, 0.25) is 0 Å². The molecular formula is C17H20NO4SY-. The minimum absolute atomic E-state index is 0. The second kappa shape index (κ2) is 10.0. The van der Waals surface area contributed by atoms with Crippen LogP contribution in [-0.2, 0) is 43.9 Å². The second-order valence-corrected chi connectivity index (χ2v) is 6.57. The van der Waals surface area contributed by atoms with E-state index in [0.717, 1.165) is 5.56 Å². The van der Waals surface area contributed by atoms with Crippen LogP contribution >= 0.6 is 11.3 Å². The van der Waals surface area contributed by atoms with Crippen molar-refractivity contribution in [2.45, 2.75) is 32.8 Å². The Kier molecular flexibility index (Phi) is 9.59. The summed E-state index contributed by atoms with van der Waals surface area (Å²) in [6, 6.07) is 9.76. The number of hydrogen-bond donors (Lipinski definition) is 1. The van der Waals surface area contributed by atoms with Crippen molar-refractivity contribution < 1.29 is 52.5 Å². The maximum absolute atomic E-state index is 12.2. The molecule has 1 aromatic heterocycles. The Morgan fingerprint density at radius 2 is 1.83 bits per heavy atom. The SMILES string of the molecule is CC(C)(C)OC(=O)Nc1cscc1CC(=O)c1cc[c-]cc1.O.[Y]. The maximum Gasteiger partial charge on any atom is 0.412 e. The molecule has 0 aliphatic carbocycles. The van der Waals surface area contributed by atoms with Crippen molar-refractivity contribution in [3.63, 3.8) is 0 Å². The van der Waals surface area contributed by atoms with Crippen molar-refractivity contribution in [1.29, 1.82) is 0 Å². The van der Waals surface area contributed by atoms with Gasteiger partial charge in [-0.1, -0.05) is 5.56 Å². The largest absolute Gasteiger partial charge is 0.444 e. The van der Waals surface area contributed by atoms with E-state index in [9.17, 15) is 9.59 Å². The molecule has 2 aromatic rings. The first-order chi connectivity index (χ1) is 10.3. The zero-order valence-corrected chi connectivity index (χ0v) is 17.5. The Hall–Kier alpha value is -1.08. The van der Waals surface area contributed by atoms with Crippen LogP contribution in [0.3, 0.4) is 0 Å². The third-order valence-electron chi connectivity index (χ3n) is 2.77. The monoisotopic (exact) mass is 423 g/mol. The van der Waals surface area contributed by atoms with Gasteiger partial charge in [0.15, 0.2) is 0 Å². The average molecular weight is 423 g/mol. The van der Waals surface area contributed by atoms with Crippen molar-refractivity contribution in [1.82, 2.24) is 0 Å². The number of nitrogens with one attached hydrogen (secondary N) is 1. The number of Topliss-reactive ketones (excluding diaryl/α,β-unsaturated/α-hetero) is 1. The molecule has 5 nitrogen and oxygen atoms in total. The molecule has 0 atom stereocenters. The number of ether oxygens (including phenoxy) is 1. The van der Waals surface area contributed by atoms with Crippen molar-refractivity contribution in [3.05, 3.63) is 52.2 Å². The van der Waals surface area contributed by atoms with E-state index in [-0.39, 0.29) is 50.4 Å². The van der Waals surface area contributed by atoms with E-state index in [4.69, 9.17) is 4.74 Å². The summed E-state index contributed by atoms with van der Waals surface area (Å²) in [5.41, 5.74) is 1.48. The number of thiophene rings is 1. The number of carbonyl (C=O) groups is 2. The van der Waals surface area contributed by atoms with E-state index in [0.29, 0.717) is 11.3 Å². The zero-order chi connectivity index (χ0) is 16.2. The fraction of sp³-hybridized carbons (Fsp3) is 0.294. The number of benzene rings is 1. The average Bonchev–Trinajstić information content (AvgIpc) is 2.84. The summed E-state index contributed by atoms with van der Waals surface area (Å²) in [4.78, 5) is 24.0. The minimum Gasteiger partial charge on any atom is -0.444 e. The fourth-order valence-corrected chi connectivity index (χ4v) is 2.62. The Bertz CT molecular complexity index is 665. The van der Waals surface area contributed by atoms with Crippen molar-refractivity contribution in [3.8, 4) is 0 Å². The van der Waals surface area contributed by atoms with E-state index in [1.165, 1.54) is 11.3 Å². The van der Waals surface area contributed by atoms with Gasteiger partial charge >= 0.3 is 6.09 Å². The number of amides is 1. The molecule has 24 heavy (non-hydrogen) atoms. The molecule has 0 aliphatic rings. The van der Waals surface area contributed by atoms with Gasteiger partial charge < -0.3 is 10.2 Å². The van der Waals surface area contributed by atoms with Crippen molar-refractivity contribution >= 4 is 28.9 Å². The Morgan fingerprint density at radius 1 is 1.21 bits per heavy atom. The van der Waals surface area contributed by atoms with E-state index < -0.39 is 11.7 Å². The predicted molar refractivity (Wildman–Crippen MR) is 91.1 cm³/mol. The van der Waals surface area contributed by atoms with E-state index in [1.54, 1.807) is 50.4 Å². The molecule has 7 heteroatoms. The normalized spacial score (nSPS) is 10.1. The van der Waals surface area contributed by atoms with E-state index in [1.807, 2.05) is 5.38 Å². The van der Waals surface area contributed by atoms with Gasteiger partial charge in [0, 0.05) is 44.5 Å². The standard InChI is InChI=1S/C17H18NO3S.H2O.Y/c1-17(2,3)21-16(20)18-14-11-22-10-13(14)9-15(19)12-7-5-4-6-8-12;;/h5-8,10-11H,9H2,1-3H3,(H,18,20);1H2;/q-1;;. The Labute approximate surface area is 171 Å². The molecule has 1 aromatic carbocycles. The summed E-state index contributed by atoms with van der Waals surface area (Å²) >= 11 is 1.43. The third kappa shape index (κ3) is 7.22. The van der Waals surface area contributed by atoms with Crippen LogP contribution in [0.4, 0.5) is 10.5 Å². The molecule has 1 amide bonds. The number of ketones is 1. The topological polar surface area (TPSA) is 86.9 Å².